The zero-order valence-corrected chi connectivity index (χ0v) is 23.5. The maximum atomic E-state index is 13.6. The van der Waals surface area contributed by atoms with Gasteiger partial charge in [0, 0.05) is 11.1 Å². The largest absolute Gasteiger partial charge is 0.496 e. The van der Waals surface area contributed by atoms with Gasteiger partial charge in [0.2, 0.25) is 0 Å². The molecule has 0 aliphatic rings. The second kappa shape index (κ2) is 12.7. The van der Waals surface area contributed by atoms with E-state index < -0.39 is 21.9 Å². The van der Waals surface area contributed by atoms with Crippen LogP contribution >= 0.6 is 0 Å². The SMILES string of the molecule is COC(=O)c1c(OC)c(-c2ccc(F)cc2)cc(OC)c1-c1ccc(OCCC=C(C)C)c(OS(C)(=O)=O)c1. The Morgan fingerprint density at radius 1 is 0.897 bits per heavy atom. The van der Waals surface area contributed by atoms with Gasteiger partial charge in [0.25, 0.3) is 0 Å². The fraction of sp³-hybridized carbons (Fsp3) is 0.276. The summed E-state index contributed by atoms with van der Waals surface area (Å²) in [6.45, 7) is 4.23. The molecule has 8 nitrogen and oxygen atoms in total. The van der Waals surface area contributed by atoms with Crippen LogP contribution in [-0.4, -0.2) is 48.6 Å². The van der Waals surface area contributed by atoms with Gasteiger partial charge in [-0.2, -0.15) is 8.42 Å². The Morgan fingerprint density at radius 3 is 2.13 bits per heavy atom. The molecule has 0 heterocycles. The Labute approximate surface area is 228 Å². The molecular formula is C29H31FO8S. The topological polar surface area (TPSA) is 97.4 Å². The van der Waals surface area contributed by atoms with Crippen molar-refractivity contribution in [2.45, 2.75) is 20.3 Å². The molecule has 0 saturated carbocycles. The highest BCUT2D eigenvalue weighted by Gasteiger charge is 2.28. The summed E-state index contributed by atoms with van der Waals surface area (Å²) in [5.41, 5.74) is 2.85. The molecule has 3 aromatic rings. The van der Waals surface area contributed by atoms with Gasteiger partial charge in [0.1, 0.15) is 22.9 Å². The summed E-state index contributed by atoms with van der Waals surface area (Å²) in [6, 6.07) is 12.0. The molecule has 0 N–H and O–H groups in total. The van der Waals surface area contributed by atoms with Crippen molar-refractivity contribution in [1.82, 2.24) is 0 Å². The van der Waals surface area contributed by atoms with E-state index in [1.807, 2.05) is 19.9 Å². The summed E-state index contributed by atoms with van der Waals surface area (Å²) in [6.07, 6.45) is 3.53. The van der Waals surface area contributed by atoms with Crippen molar-refractivity contribution < 1.29 is 40.7 Å². The third kappa shape index (κ3) is 7.29. The minimum absolute atomic E-state index is 0.0289. The molecule has 3 aromatic carbocycles. The molecule has 0 fully saturated rings. The zero-order chi connectivity index (χ0) is 28.7. The highest BCUT2D eigenvalue weighted by Crippen LogP contribution is 2.47. The summed E-state index contributed by atoms with van der Waals surface area (Å²) in [7, 11) is 0.129. The number of rotatable bonds is 11. The van der Waals surface area contributed by atoms with Crippen LogP contribution in [0.15, 0.2) is 60.2 Å². The summed E-state index contributed by atoms with van der Waals surface area (Å²) in [5.74, 6) is -0.575. The molecule has 0 saturated heterocycles. The number of benzene rings is 3. The van der Waals surface area contributed by atoms with Crippen molar-refractivity contribution in [3.63, 3.8) is 0 Å². The lowest BCUT2D eigenvalue weighted by atomic mass is 9.92. The van der Waals surface area contributed by atoms with Crippen LogP contribution in [0.2, 0.25) is 0 Å². The normalized spacial score (nSPS) is 10.9. The van der Waals surface area contributed by atoms with E-state index in [9.17, 15) is 17.6 Å². The van der Waals surface area contributed by atoms with Gasteiger partial charge in [-0.05, 0) is 61.7 Å². The van der Waals surface area contributed by atoms with E-state index in [0.29, 0.717) is 29.7 Å². The number of hydrogen-bond acceptors (Lipinski definition) is 8. The predicted octanol–water partition coefficient (Wildman–Crippen LogP) is 6.04. The van der Waals surface area contributed by atoms with Crippen LogP contribution in [0.3, 0.4) is 0 Å². The molecule has 0 amide bonds. The van der Waals surface area contributed by atoms with Crippen LogP contribution in [0, 0.1) is 5.82 Å². The minimum Gasteiger partial charge on any atom is -0.496 e. The molecule has 0 aromatic heterocycles. The van der Waals surface area contributed by atoms with Crippen molar-refractivity contribution in [3.05, 3.63) is 71.6 Å². The van der Waals surface area contributed by atoms with Gasteiger partial charge in [0.15, 0.2) is 11.5 Å². The zero-order valence-electron chi connectivity index (χ0n) is 22.7. The molecule has 0 bridgehead atoms. The number of hydrogen-bond donors (Lipinski definition) is 0. The monoisotopic (exact) mass is 558 g/mol. The van der Waals surface area contributed by atoms with Crippen LogP contribution in [0.5, 0.6) is 23.0 Å². The first-order valence-electron chi connectivity index (χ1n) is 11.9. The molecular weight excluding hydrogens is 527 g/mol. The van der Waals surface area contributed by atoms with Crippen LogP contribution in [0.4, 0.5) is 4.39 Å². The van der Waals surface area contributed by atoms with E-state index in [2.05, 4.69) is 0 Å². The van der Waals surface area contributed by atoms with Gasteiger partial charge in [-0.3, -0.25) is 0 Å². The number of methoxy groups -OCH3 is 3. The highest BCUT2D eigenvalue weighted by molar-refractivity contribution is 7.86. The van der Waals surface area contributed by atoms with Gasteiger partial charge in [-0.25, -0.2) is 9.18 Å². The van der Waals surface area contributed by atoms with Crippen molar-refractivity contribution >= 4 is 16.1 Å². The fourth-order valence-electron chi connectivity index (χ4n) is 3.97. The number of ether oxygens (including phenoxy) is 4. The quantitative estimate of drug-likeness (QED) is 0.122. The molecule has 0 spiro atoms. The standard InChI is InChI=1S/C29H31FO8S/c1-18(2)8-7-15-37-23-14-11-20(16-24(23)38-39(6,32)33)26-25(34-3)17-22(19-9-12-21(30)13-10-19)28(35-4)27(26)29(31)36-5/h8-14,16-17H,7,15H2,1-6H3. The maximum Gasteiger partial charge on any atom is 0.342 e. The van der Waals surface area contributed by atoms with Crippen molar-refractivity contribution in [3.8, 4) is 45.3 Å². The molecule has 0 unspecified atom stereocenters. The van der Waals surface area contributed by atoms with E-state index in [1.165, 1.54) is 39.5 Å². The first kappa shape index (κ1) is 29.5. The second-order valence-electron chi connectivity index (χ2n) is 8.78. The summed E-state index contributed by atoms with van der Waals surface area (Å²) in [5, 5.41) is 0. The van der Waals surface area contributed by atoms with E-state index in [-0.39, 0.29) is 34.1 Å². The highest BCUT2D eigenvalue weighted by atomic mass is 32.2. The number of carbonyl (C=O) groups excluding carboxylic acids is 1. The first-order chi connectivity index (χ1) is 18.5. The van der Waals surface area contributed by atoms with Gasteiger partial charge in [-0.1, -0.05) is 29.8 Å². The molecule has 0 atom stereocenters. The van der Waals surface area contributed by atoms with Crippen LogP contribution in [0.1, 0.15) is 30.6 Å². The molecule has 0 aliphatic heterocycles. The third-order valence-electron chi connectivity index (χ3n) is 5.61. The lowest BCUT2D eigenvalue weighted by Gasteiger charge is -2.21. The third-order valence-corrected chi connectivity index (χ3v) is 6.10. The van der Waals surface area contributed by atoms with Crippen LogP contribution in [0.25, 0.3) is 22.3 Å². The van der Waals surface area contributed by atoms with Crippen LogP contribution < -0.4 is 18.4 Å². The molecule has 0 radical (unpaired) electrons. The second-order valence-corrected chi connectivity index (χ2v) is 10.4. The average molecular weight is 559 g/mol. The van der Waals surface area contributed by atoms with Crippen LogP contribution in [-0.2, 0) is 14.9 Å². The van der Waals surface area contributed by atoms with Gasteiger partial charge in [-0.15, -0.1) is 0 Å². The van der Waals surface area contributed by atoms with Gasteiger partial charge in [0.05, 0.1) is 34.2 Å². The Balaban J connectivity index is 2.26. The predicted molar refractivity (Wildman–Crippen MR) is 147 cm³/mol. The Kier molecular flexibility index (Phi) is 9.58. The molecule has 0 aliphatic carbocycles. The first-order valence-corrected chi connectivity index (χ1v) is 13.7. The number of carbonyl (C=O) groups is 1. The van der Waals surface area contributed by atoms with E-state index in [4.69, 9.17) is 23.1 Å². The average Bonchev–Trinajstić information content (AvgIpc) is 2.89. The number of esters is 1. The lowest BCUT2D eigenvalue weighted by Crippen LogP contribution is -2.10. The smallest absolute Gasteiger partial charge is 0.342 e. The van der Waals surface area contributed by atoms with Crippen molar-refractivity contribution in [2.24, 2.45) is 0 Å². The summed E-state index contributed by atoms with van der Waals surface area (Å²) >= 11 is 0. The van der Waals surface area contributed by atoms with Crippen molar-refractivity contribution in [1.29, 1.82) is 0 Å². The molecule has 208 valence electrons. The van der Waals surface area contributed by atoms with Gasteiger partial charge < -0.3 is 23.1 Å². The minimum atomic E-state index is -3.92. The number of allylic oxidation sites excluding steroid dienone is 1. The Bertz CT molecular complexity index is 1470. The lowest BCUT2D eigenvalue weighted by molar-refractivity contribution is 0.0597. The summed E-state index contributed by atoms with van der Waals surface area (Å²) < 4.78 is 65.2. The molecule has 10 heteroatoms. The Hall–Kier alpha value is -4.05. The van der Waals surface area contributed by atoms with Gasteiger partial charge >= 0.3 is 16.1 Å². The molecule has 3 rings (SSSR count). The number of halogens is 1. The summed E-state index contributed by atoms with van der Waals surface area (Å²) in [4.78, 5) is 13.1. The fourth-order valence-corrected chi connectivity index (χ4v) is 4.42. The Morgan fingerprint density at radius 2 is 1.56 bits per heavy atom. The van der Waals surface area contributed by atoms with E-state index in [1.54, 1.807) is 30.3 Å². The van der Waals surface area contributed by atoms with Crippen molar-refractivity contribution in [2.75, 3.05) is 34.2 Å². The molecule has 39 heavy (non-hydrogen) atoms. The van der Waals surface area contributed by atoms with E-state index >= 15 is 0 Å². The van der Waals surface area contributed by atoms with E-state index in [0.717, 1.165) is 11.8 Å². The maximum absolute atomic E-state index is 13.6.